The van der Waals surface area contributed by atoms with Gasteiger partial charge in [0.05, 0.1) is 6.10 Å². The van der Waals surface area contributed by atoms with E-state index >= 15 is 4.39 Å². The van der Waals surface area contributed by atoms with E-state index in [0.29, 0.717) is 38.5 Å². The van der Waals surface area contributed by atoms with Crippen LogP contribution in [0.15, 0.2) is 11.6 Å². The number of carbonyl (C=O) groups is 3. The summed E-state index contributed by atoms with van der Waals surface area (Å²) < 4.78 is 22.5. The molecule has 0 amide bonds. The smallest absolute Gasteiger partial charge is 0.303 e. The lowest BCUT2D eigenvalue weighted by molar-refractivity contribution is -0.242. The number of fused-ring (bicyclic) bond motifs is 5. The fourth-order valence-electron chi connectivity index (χ4n) is 7.64. The number of allylic oxidation sites excluding steroid dienone is 1. The molecular formula is C23H31FO5. The SMILES string of the molecule is CC(=O)O[C@]1(C(C)=O)CC[C@]2(C)[C@@H]3CCC4=CC(=O)CC[C@@H]4[C@]3(F)[C@H](O)C[C@@]12C. The second kappa shape index (κ2) is 6.22. The molecule has 160 valence electrons. The minimum Gasteiger partial charge on any atom is -0.451 e. The zero-order valence-corrected chi connectivity index (χ0v) is 17.7. The lowest BCUT2D eigenvalue weighted by Crippen LogP contribution is -2.70. The topological polar surface area (TPSA) is 80.7 Å². The van der Waals surface area contributed by atoms with Crippen LogP contribution in [0.4, 0.5) is 4.39 Å². The van der Waals surface area contributed by atoms with Gasteiger partial charge in [-0.1, -0.05) is 19.4 Å². The fraction of sp³-hybridized carbons (Fsp3) is 0.783. The van der Waals surface area contributed by atoms with Gasteiger partial charge in [0.15, 0.2) is 17.2 Å². The molecule has 0 spiro atoms. The van der Waals surface area contributed by atoms with Gasteiger partial charge in [-0.2, -0.15) is 0 Å². The maximum Gasteiger partial charge on any atom is 0.303 e. The summed E-state index contributed by atoms with van der Waals surface area (Å²) in [6.07, 6.45) is 3.14. The number of hydrogen-bond acceptors (Lipinski definition) is 5. The minimum atomic E-state index is -1.83. The summed E-state index contributed by atoms with van der Waals surface area (Å²) in [5, 5.41) is 11.2. The highest BCUT2D eigenvalue weighted by atomic mass is 19.1. The molecule has 0 aromatic carbocycles. The van der Waals surface area contributed by atoms with Crippen LogP contribution in [0.5, 0.6) is 0 Å². The highest BCUT2D eigenvalue weighted by Crippen LogP contribution is 2.73. The molecule has 0 heterocycles. The van der Waals surface area contributed by atoms with Crippen molar-refractivity contribution in [3.8, 4) is 0 Å². The molecule has 6 heteroatoms. The fourth-order valence-corrected chi connectivity index (χ4v) is 7.64. The number of alkyl halides is 1. The van der Waals surface area contributed by atoms with Crippen LogP contribution in [0.1, 0.15) is 72.6 Å². The van der Waals surface area contributed by atoms with E-state index in [1.807, 2.05) is 13.8 Å². The Morgan fingerprint density at radius 2 is 1.86 bits per heavy atom. The lowest BCUT2D eigenvalue weighted by atomic mass is 9.42. The number of carbonyl (C=O) groups excluding carboxylic acids is 3. The third kappa shape index (κ3) is 2.38. The number of esters is 1. The summed E-state index contributed by atoms with van der Waals surface area (Å²) in [5.41, 5.74) is -3.81. The molecule has 4 aliphatic carbocycles. The van der Waals surface area contributed by atoms with Crippen LogP contribution in [0, 0.1) is 22.7 Å². The molecule has 1 N–H and O–H groups in total. The van der Waals surface area contributed by atoms with Gasteiger partial charge in [0.2, 0.25) is 0 Å². The number of Topliss-reactive ketones (excluding diaryl/α,β-unsaturated/α-hetero) is 1. The number of rotatable bonds is 2. The van der Waals surface area contributed by atoms with Crippen LogP contribution in [-0.2, 0) is 19.1 Å². The normalized spacial score (nSPS) is 48.8. The summed E-state index contributed by atoms with van der Waals surface area (Å²) in [6, 6.07) is 0. The molecule has 4 aliphatic rings. The van der Waals surface area contributed by atoms with Gasteiger partial charge in [-0.25, -0.2) is 4.39 Å². The zero-order chi connectivity index (χ0) is 21.4. The van der Waals surface area contributed by atoms with Crippen molar-refractivity contribution >= 4 is 17.5 Å². The van der Waals surface area contributed by atoms with Crippen LogP contribution in [0.2, 0.25) is 0 Å². The standard InChI is InChI=1S/C23H31FO5/c1-13(25)22(29-14(2)26)10-9-20(3)18-8-5-15-11-16(27)6-7-17(15)23(18,24)19(28)12-21(20,22)4/h11,17-19,28H,5-10,12H2,1-4H3/t17-,18-,19+,20+,21+,22-,23+/m0/s1. The maximum absolute atomic E-state index is 16.8. The molecule has 5 nitrogen and oxygen atoms in total. The van der Waals surface area contributed by atoms with Gasteiger partial charge in [0.25, 0.3) is 0 Å². The predicted molar refractivity (Wildman–Crippen MR) is 104 cm³/mol. The Bertz CT molecular complexity index is 820. The second-order valence-electron chi connectivity index (χ2n) is 10.1. The molecule has 0 unspecified atom stereocenters. The largest absolute Gasteiger partial charge is 0.451 e. The van der Waals surface area contributed by atoms with Crippen molar-refractivity contribution in [2.45, 2.75) is 90.0 Å². The third-order valence-electron chi connectivity index (χ3n) is 9.18. The highest BCUT2D eigenvalue weighted by Gasteiger charge is 2.77. The van der Waals surface area contributed by atoms with Crippen molar-refractivity contribution in [3.63, 3.8) is 0 Å². The van der Waals surface area contributed by atoms with Crippen molar-refractivity contribution in [2.75, 3.05) is 0 Å². The van der Waals surface area contributed by atoms with Crippen LogP contribution in [-0.4, -0.2) is 40.0 Å². The summed E-state index contributed by atoms with van der Waals surface area (Å²) in [7, 11) is 0. The third-order valence-corrected chi connectivity index (χ3v) is 9.18. The van der Waals surface area contributed by atoms with Gasteiger partial charge in [0, 0.05) is 30.6 Å². The summed E-state index contributed by atoms with van der Waals surface area (Å²) in [6.45, 7) is 6.62. The molecule has 0 bridgehead atoms. The van der Waals surface area contributed by atoms with E-state index in [0.717, 1.165) is 5.57 Å². The molecule has 3 saturated carbocycles. The van der Waals surface area contributed by atoms with Gasteiger partial charge >= 0.3 is 5.97 Å². The molecule has 0 aliphatic heterocycles. The highest BCUT2D eigenvalue weighted by molar-refractivity contribution is 5.91. The summed E-state index contributed by atoms with van der Waals surface area (Å²) >= 11 is 0. The van der Waals surface area contributed by atoms with Crippen molar-refractivity contribution in [2.24, 2.45) is 22.7 Å². The monoisotopic (exact) mass is 406 g/mol. The Kier molecular flexibility index (Phi) is 4.44. The summed E-state index contributed by atoms with van der Waals surface area (Å²) in [4.78, 5) is 36.6. The first-order chi connectivity index (χ1) is 13.4. The van der Waals surface area contributed by atoms with Crippen LogP contribution in [0.25, 0.3) is 0 Å². The van der Waals surface area contributed by atoms with Crippen molar-refractivity contribution in [1.29, 1.82) is 0 Å². The van der Waals surface area contributed by atoms with Crippen molar-refractivity contribution in [1.82, 2.24) is 0 Å². The van der Waals surface area contributed by atoms with E-state index in [1.165, 1.54) is 13.8 Å². The quantitative estimate of drug-likeness (QED) is 0.710. The zero-order valence-electron chi connectivity index (χ0n) is 17.7. The van der Waals surface area contributed by atoms with E-state index in [-0.39, 0.29) is 18.0 Å². The molecule has 7 atom stereocenters. The number of aliphatic hydroxyl groups is 1. The van der Waals surface area contributed by atoms with E-state index < -0.39 is 46.0 Å². The van der Waals surface area contributed by atoms with Crippen molar-refractivity contribution < 1.29 is 28.6 Å². The first kappa shape index (κ1) is 20.7. The Balaban J connectivity index is 1.83. The van der Waals surface area contributed by atoms with Gasteiger partial charge in [-0.3, -0.25) is 14.4 Å². The number of ketones is 2. The second-order valence-corrected chi connectivity index (χ2v) is 10.1. The van der Waals surface area contributed by atoms with E-state index in [9.17, 15) is 19.5 Å². The average Bonchev–Trinajstić information content (AvgIpc) is 2.84. The van der Waals surface area contributed by atoms with E-state index in [4.69, 9.17) is 4.74 Å². The molecule has 0 aromatic heterocycles. The lowest BCUT2D eigenvalue weighted by Gasteiger charge is -2.64. The Morgan fingerprint density at radius 1 is 1.17 bits per heavy atom. The number of ether oxygens (including phenoxy) is 1. The molecule has 0 saturated heterocycles. The van der Waals surface area contributed by atoms with Crippen LogP contribution < -0.4 is 0 Å². The van der Waals surface area contributed by atoms with Gasteiger partial charge in [-0.05, 0) is 56.9 Å². The first-order valence-electron chi connectivity index (χ1n) is 10.7. The Hall–Kier alpha value is -1.56. The molecule has 0 radical (unpaired) electrons. The number of halogens is 1. The maximum atomic E-state index is 16.8. The number of aliphatic hydroxyl groups excluding tert-OH is 1. The first-order valence-corrected chi connectivity index (χ1v) is 10.7. The Labute approximate surface area is 171 Å². The van der Waals surface area contributed by atoms with E-state index in [1.54, 1.807) is 6.08 Å². The summed E-state index contributed by atoms with van der Waals surface area (Å²) in [5.74, 6) is -1.66. The number of hydrogen-bond donors (Lipinski definition) is 1. The molecular weight excluding hydrogens is 375 g/mol. The molecule has 3 fully saturated rings. The minimum absolute atomic E-state index is 0.0333. The average molecular weight is 406 g/mol. The molecule has 4 rings (SSSR count). The van der Waals surface area contributed by atoms with Gasteiger partial charge < -0.3 is 9.84 Å². The van der Waals surface area contributed by atoms with Crippen molar-refractivity contribution in [3.05, 3.63) is 11.6 Å². The van der Waals surface area contributed by atoms with Crippen LogP contribution >= 0.6 is 0 Å². The predicted octanol–water partition coefficient (Wildman–Crippen LogP) is 3.47. The van der Waals surface area contributed by atoms with Crippen LogP contribution in [0.3, 0.4) is 0 Å². The Morgan fingerprint density at radius 3 is 2.48 bits per heavy atom. The van der Waals surface area contributed by atoms with Gasteiger partial charge in [-0.15, -0.1) is 0 Å². The molecule has 29 heavy (non-hydrogen) atoms. The molecule has 0 aromatic rings. The van der Waals surface area contributed by atoms with E-state index in [2.05, 4.69) is 0 Å². The van der Waals surface area contributed by atoms with Gasteiger partial charge in [0.1, 0.15) is 5.67 Å².